The van der Waals surface area contributed by atoms with E-state index >= 15 is 0 Å². The average molecular weight is 478 g/mol. The quantitative estimate of drug-likeness (QED) is 0.276. The molecule has 0 aliphatic rings. The van der Waals surface area contributed by atoms with Crippen LogP contribution in [-0.4, -0.2) is 23.4 Å². The molecular formula is C24H15FN2O6S. The summed E-state index contributed by atoms with van der Waals surface area (Å²) in [5.74, 6) is 0.445. The lowest BCUT2D eigenvalue weighted by Crippen LogP contribution is -2.15. The van der Waals surface area contributed by atoms with Crippen molar-refractivity contribution in [2.24, 2.45) is 0 Å². The second-order valence-corrected chi connectivity index (χ2v) is 8.90. The molecule has 3 aromatic carbocycles. The number of pyridine rings is 1. The molecule has 0 radical (unpaired) electrons. The highest BCUT2D eigenvalue weighted by molar-refractivity contribution is 8.06. The van der Waals surface area contributed by atoms with E-state index in [0.717, 1.165) is 24.3 Å². The number of nitro groups is 1. The third kappa shape index (κ3) is 4.66. The monoisotopic (exact) mass is 478 g/mol. The van der Waals surface area contributed by atoms with Crippen molar-refractivity contribution in [3.8, 4) is 22.6 Å². The number of rotatable bonds is 6. The lowest BCUT2D eigenvalue weighted by molar-refractivity contribution is -0.384. The molecule has 10 heteroatoms. The first kappa shape index (κ1) is 22.7. The predicted molar refractivity (Wildman–Crippen MR) is 121 cm³/mol. The van der Waals surface area contributed by atoms with Gasteiger partial charge in [0.2, 0.25) is 9.84 Å². The molecule has 0 unspecified atom stereocenters. The van der Waals surface area contributed by atoms with E-state index in [9.17, 15) is 27.7 Å². The van der Waals surface area contributed by atoms with E-state index in [-0.39, 0.29) is 16.1 Å². The number of sulfone groups is 1. The number of non-ortho nitro benzene ring substituents is 1. The Balaban J connectivity index is 1.59. The lowest BCUT2D eigenvalue weighted by atomic mass is 10.1. The number of hydrogen-bond donors (Lipinski definition) is 0. The second kappa shape index (κ2) is 9.20. The van der Waals surface area contributed by atoms with Gasteiger partial charge in [-0.25, -0.2) is 12.8 Å². The van der Waals surface area contributed by atoms with E-state index < -0.39 is 25.7 Å². The van der Waals surface area contributed by atoms with Crippen LogP contribution >= 0.6 is 0 Å². The molecule has 0 atom stereocenters. The summed E-state index contributed by atoms with van der Waals surface area (Å²) in [6.07, 6.45) is 3.07. The maximum absolute atomic E-state index is 13.2. The van der Waals surface area contributed by atoms with Crippen molar-refractivity contribution in [1.82, 2.24) is 4.98 Å². The van der Waals surface area contributed by atoms with Gasteiger partial charge in [-0.2, -0.15) is 0 Å². The normalized spacial score (nSPS) is 11.1. The smallest absolute Gasteiger partial charge is 0.281 e. The van der Waals surface area contributed by atoms with Crippen molar-refractivity contribution < 1.29 is 27.3 Å². The topological polar surface area (TPSA) is 116 Å². The van der Waals surface area contributed by atoms with Gasteiger partial charge in [-0.05, 0) is 60.2 Å². The van der Waals surface area contributed by atoms with E-state index in [1.54, 1.807) is 24.4 Å². The minimum absolute atomic E-state index is 0.0769. The van der Waals surface area contributed by atoms with Gasteiger partial charge in [0, 0.05) is 35.7 Å². The number of carbonyl (C=O) groups excluding carboxylic acids is 1. The summed E-state index contributed by atoms with van der Waals surface area (Å²) in [7, 11) is -4.39. The van der Waals surface area contributed by atoms with Gasteiger partial charge < -0.3 is 4.74 Å². The van der Waals surface area contributed by atoms with Crippen LogP contribution in [0.2, 0.25) is 0 Å². The standard InChI is InChI=1S/C24H15FN2O6S/c25-18-5-9-20(10-6-18)33-23-13-14-26-15-22(23)16-1-3-17(4-2-16)24(28)34(31,32)21-11-7-19(8-12-21)27(29)30/h1-15H. The highest BCUT2D eigenvalue weighted by Crippen LogP contribution is 2.33. The molecule has 0 saturated carbocycles. The van der Waals surface area contributed by atoms with E-state index in [4.69, 9.17) is 4.74 Å². The Kier molecular flexibility index (Phi) is 6.15. The van der Waals surface area contributed by atoms with Crippen LogP contribution in [0.3, 0.4) is 0 Å². The summed E-state index contributed by atoms with van der Waals surface area (Å²) in [5.41, 5.74) is 0.816. The van der Waals surface area contributed by atoms with Crippen LogP contribution in [0, 0.1) is 15.9 Å². The average Bonchev–Trinajstić information content (AvgIpc) is 2.85. The summed E-state index contributed by atoms with van der Waals surface area (Å²) >= 11 is 0. The number of nitro benzene ring substituents is 1. The van der Waals surface area contributed by atoms with Crippen molar-refractivity contribution in [3.05, 3.63) is 113 Å². The highest BCUT2D eigenvalue weighted by Gasteiger charge is 2.27. The molecule has 0 amide bonds. The summed E-state index contributed by atoms with van der Waals surface area (Å²) < 4.78 is 44.3. The third-order valence-corrected chi connectivity index (χ3v) is 6.47. The molecule has 0 bridgehead atoms. The molecule has 0 spiro atoms. The van der Waals surface area contributed by atoms with Crippen molar-refractivity contribution in [1.29, 1.82) is 0 Å². The number of hydrogen-bond acceptors (Lipinski definition) is 7. The Hall–Kier alpha value is -4.44. The fourth-order valence-electron chi connectivity index (χ4n) is 3.11. The number of benzene rings is 3. The molecular weight excluding hydrogens is 463 g/mol. The zero-order chi connectivity index (χ0) is 24.3. The van der Waals surface area contributed by atoms with Crippen molar-refractivity contribution in [2.75, 3.05) is 0 Å². The summed E-state index contributed by atoms with van der Waals surface area (Å²) in [6.45, 7) is 0. The molecule has 34 heavy (non-hydrogen) atoms. The third-order valence-electron chi connectivity index (χ3n) is 4.86. The van der Waals surface area contributed by atoms with Crippen molar-refractivity contribution >= 4 is 20.6 Å². The van der Waals surface area contributed by atoms with Crippen LogP contribution < -0.4 is 4.74 Å². The van der Waals surface area contributed by atoms with Crippen LogP contribution in [0.5, 0.6) is 11.5 Å². The summed E-state index contributed by atoms with van der Waals surface area (Å²) in [6, 6.07) is 17.0. The van der Waals surface area contributed by atoms with Gasteiger partial charge in [-0.3, -0.25) is 19.9 Å². The van der Waals surface area contributed by atoms with Crippen LogP contribution in [-0.2, 0) is 9.84 Å². The Bertz CT molecular complexity index is 1470. The minimum atomic E-state index is -4.39. The minimum Gasteiger partial charge on any atom is -0.457 e. The first-order valence-electron chi connectivity index (χ1n) is 9.77. The maximum Gasteiger partial charge on any atom is 0.281 e. The molecule has 1 heterocycles. The highest BCUT2D eigenvalue weighted by atomic mass is 32.2. The number of nitrogens with zero attached hydrogens (tertiary/aromatic N) is 2. The fourth-order valence-corrected chi connectivity index (χ4v) is 4.27. The van der Waals surface area contributed by atoms with Gasteiger partial charge in [0.05, 0.1) is 9.82 Å². The van der Waals surface area contributed by atoms with Crippen LogP contribution in [0.15, 0.2) is 96.2 Å². The Morgan fingerprint density at radius 3 is 2.18 bits per heavy atom. The molecule has 1 aromatic heterocycles. The Morgan fingerprint density at radius 2 is 1.56 bits per heavy atom. The molecule has 0 fully saturated rings. The summed E-state index contributed by atoms with van der Waals surface area (Å²) in [4.78, 5) is 26.5. The SMILES string of the molecule is O=C(c1ccc(-c2cnccc2Oc2ccc(F)cc2)cc1)S(=O)(=O)c1ccc([N+](=O)[O-])cc1. The number of aromatic nitrogens is 1. The van der Waals surface area contributed by atoms with Gasteiger partial charge in [0.25, 0.3) is 10.8 Å². The van der Waals surface area contributed by atoms with Crippen molar-refractivity contribution in [3.63, 3.8) is 0 Å². The lowest BCUT2D eigenvalue weighted by Gasteiger charge is -2.11. The number of carbonyl (C=O) groups is 1. The molecule has 0 N–H and O–H groups in total. The van der Waals surface area contributed by atoms with E-state index in [2.05, 4.69) is 4.98 Å². The molecule has 0 saturated heterocycles. The molecule has 0 aliphatic heterocycles. The van der Waals surface area contributed by atoms with Crippen LogP contribution in [0.25, 0.3) is 11.1 Å². The van der Waals surface area contributed by atoms with Crippen molar-refractivity contribution in [2.45, 2.75) is 4.90 Å². The zero-order valence-electron chi connectivity index (χ0n) is 17.3. The van der Waals surface area contributed by atoms with Gasteiger partial charge in [0.1, 0.15) is 17.3 Å². The predicted octanol–water partition coefficient (Wildman–Crippen LogP) is 5.20. The molecule has 170 valence electrons. The first-order valence-corrected chi connectivity index (χ1v) is 11.3. The summed E-state index contributed by atoms with van der Waals surface area (Å²) in [5, 5.41) is 9.63. The molecule has 0 aliphatic carbocycles. The van der Waals surface area contributed by atoms with Crippen LogP contribution in [0.4, 0.5) is 10.1 Å². The largest absolute Gasteiger partial charge is 0.457 e. The molecule has 4 rings (SSSR count). The Labute approximate surface area is 193 Å². The second-order valence-electron chi connectivity index (χ2n) is 7.05. The molecule has 4 aromatic rings. The Morgan fingerprint density at radius 1 is 0.912 bits per heavy atom. The fraction of sp³-hybridized carbons (Fsp3) is 0. The van der Waals surface area contributed by atoms with E-state index in [0.29, 0.717) is 22.6 Å². The van der Waals surface area contributed by atoms with Gasteiger partial charge in [0.15, 0.2) is 0 Å². The first-order chi connectivity index (χ1) is 16.3. The molecule has 8 nitrogen and oxygen atoms in total. The van der Waals surface area contributed by atoms with Gasteiger partial charge >= 0.3 is 0 Å². The van der Waals surface area contributed by atoms with Crippen LogP contribution in [0.1, 0.15) is 10.4 Å². The number of halogens is 1. The maximum atomic E-state index is 13.2. The van der Waals surface area contributed by atoms with Gasteiger partial charge in [-0.1, -0.05) is 12.1 Å². The van der Waals surface area contributed by atoms with E-state index in [1.807, 2.05) is 0 Å². The zero-order valence-corrected chi connectivity index (χ0v) is 18.1. The van der Waals surface area contributed by atoms with Gasteiger partial charge in [-0.15, -0.1) is 0 Å². The van der Waals surface area contributed by atoms with E-state index in [1.165, 1.54) is 42.6 Å². The number of ether oxygens (including phenoxy) is 1.